The number of phenolic OH excluding ortho intramolecular Hbond substituents is 2. The molecule has 2 aromatic carbocycles. The van der Waals surface area contributed by atoms with Crippen molar-refractivity contribution in [3.05, 3.63) is 96.5 Å². The molecule has 13 heteroatoms. The summed E-state index contributed by atoms with van der Waals surface area (Å²) in [4.78, 5) is 30.1. The van der Waals surface area contributed by atoms with Gasteiger partial charge in [-0.15, -0.1) is 0 Å². The molecule has 43 heavy (non-hydrogen) atoms. The Bertz CT molecular complexity index is 1620. The average Bonchev–Trinajstić information content (AvgIpc) is 3.03. The number of benzene rings is 2. The summed E-state index contributed by atoms with van der Waals surface area (Å²) in [5, 5.41) is 30.0. The lowest BCUT2D eigenvalue weighted by Gasteiger charge is -2.07. The van der Waals surface area contributed by atoms with Crippen molar-refractivity contribution < 1.29 is 10.2 Å². The summed E-state index contributed by atoms with van der Waals surface area (Å²) in [5.41, 5.74) is 9.12. The van der Waals surface area contributed by atoms with E-state index in [1.165, 1.54) is 24.3 Å². The fraction of sp³-hybridized carbons (Fsp3) is 0.200. The van der Waals surface area contributed by atoms with E-state index in [4.69, 9.17) is 16.1 Å². The molecule has 0 saturated heterocycles. The lowest BCUT2D eigenvalue weighted by Crippen LogP contribution is -2.07. The van der Waals surface area contributed by atoms with Crippen molar-refractivity contribution in [1.29, 1.82) is 5.26 Å². The van der Waals surface area contributed by atoms with E-state index in [0.29, 0.717) is 41.6 Å². The fourth-order valence-electron chi connectivity index (χ4n) is 3.42. The van der Waals surface area contributed by atoms with Gasteiger partial charge in [0.1, 0.15) is 29.4 Å². The van der Waals surface area contributed by atoms with Crippen molar-refractivity contribution in [2.24, 2.45) is 10.7 Å². The molecule has 3 aromatic heterocycles. The van der Waals surface area contributed by atoms with Gasteiger partial charge in [-0.1, -0.05) is 24.3 Å². The minimum atomic E-state index is 0.237. The summed E-state index contributed by atoms with van der Waals surface area (Å²) in [7, 11) is 3.68. The standard InChI is InChI=1S/C14H13N5O.C8H9N5.C8H11NO/c20-11-3-1-10(2-4-11)5-6-16-13-12-14(19-9-18-13)17-8-7-15-12;1-13(2)6-12-8-7(5-9)10-3-4-11-8;9-6-5-7-1-3-8(10)4-2-7/h1-4,7-9,20H,5-6H2,(H,16,17,18,19);3-4,6H,1-2H3;1-4,10H,5-6,9H2. The summed E-state index contributed by atoms with van der Waals surface area (Å²) < 4.78 is 0. The first-order chi connectivity index (χ1) is 20.9. The van der Waals surface area contributed by atoms with Gasteiger partial charge >= 0.3 is 0 Å². The Balaban J connectivity index is 0.000000190. The Morgan fingerprint density at radius 3 is 2.07 bits per heavy atom. The van der Waals surface area contributed by atoms with Gasteiger partial charge in [-0.25, -0.2) is 34.9 Å². The maximum absolute atomic E-state index is 9.23. The Morgan fingerprint density at radius 2 is 1.44 bits per heavy atom. The average molecular weight is 580 g/mol. The van der Waals surface area contributed by atoms with Crippen molar-refractivity contribution in [1.82, 2.24) is 34.8 Å². The normalized spacial score (nSPS) is 10.2. The second-order valence-corrected chi connectivity index (χ2v) is 9.05. The van der Waals surface area contributed by atoms with Crippen LogP contribution in [0.3, 0.4) is 0 Å². The minimum absolute atomic E-state index is 0.237. The van der Waals surface area contributed by atoms with E-state index in [1.54, 1.807) is 47.9 Å². The van der Waals surface area contributed by atoms with Crippen LogP contribution in [0.15, 0.2) is 84.6 Å². The Kier molecular flexibility index (Phi) is 12.7. The van der Waals surface area contributed by atoms with Gasteiger partial charge in [-0.05, 0) is 54.8 Å². The van der Waals surface area contributed by atoms with Gasteiger partial charge in [0.15, 0.2) is 23.0 Å². The Morgan fingerprint density at radius 1 is 0.837 bits per heavy atom. The third-order valence-corrected chi connectivity index (χ3v) is 5.48. The van der Waals surface area contributed by atoms with Gasteiger partial charge in [0, 0.05) is 45.4 Å². The van der Waals surface area contributed by atoms with Gasteiger partial charge in [0.2, 0.25) is 0 Å². The number of nitriles is 1. The second-order valence-electron chi connectivity index (χ2n) is 9.05. The number of nitrogens with two attached hydrogens (primary N) is 1. The molecule has 0 unspecified atom stereocenters. The molecule has 3 heterocycles. The first-order valence-corrected chi connectivity index (χ1v) is 13.2. The summed E-state index contributed by atoms with van der Waals surface area (Å²) in [6.07, 6.45) is 10.9. The smallest absolute Gasteiger partial charge is 0.190 e. The van der Waals surface area contributed by atoms with E-state index in [2.05, 4.69) is 40.2 Å². The van der Waals surface area contributed by atoms with Crippen LogP contribution in [0.1, 0.15) is 16.8 Å². The first-order valence-electron chi connectivity index (χ1n) is 13.2. The molecule has 0 saturated carbocycles. The van der Waals surface area contributed by atoms with Crippen LogP contribution in [0.2, 0.25) is 0 Å². The van der Waals surface area contributed by atoms with Gasteiger partial charge in [0.05, 0.1) is 6.34 Å². The van der Waals surface area contributed by atoms with Crippen LogP contribution < -0.4 is 11.1 Å². The Labute approximate surface area is 249 Å². The first kappa shape index (κ1) is 31.8. The topological polar surface area (TPSA) is 195 Å². The predicted molar refractivity (Wildman–Crippen MR) is 165 cm³/mol. The molecule has 0 radical (unpaired) electrons. The minimum Gasteiger partial charge on any atom is -0.508 e. The van der Waals surface area contributed by atoms with Gasteiger partial charge < -0.3 is 26.2 Å². The number of hydrogen-bond acceptors (Lipinski definition) is 12. The van der Waals surface area contributed by atoms with E-state index < -0.39 is 0 Å². The number of nitrogens with one attached hydrogen (secondary N) is 1. The molecular weight excluding hydrogens is 546 g/mol. The SMILES string of the molecule is CN(C)C=Nc1nccnc1C#N.NCCc1ccc(O)cc1.Oc1ccc(CCNc2ncnc3nccnc23)cc1. The number of anilines is 1. The summed E-state index contributed by atoms with van der Waals surface area (Å²) in [6.45, 7) is 1.37. The quantitative estimate of drug-likeness (QED) is 0.155. The van der Waals surface area contributed by atoms with Gasteiger partial charge in [-0.2, -0.15) is 5.26 Å². The monoisotopic (exact) mass is 579 g/mol. The van der Waals surface area contributed by atoms with Crippen LogP contribution in [0, 0.1) is 11.3 Å². The van der Waals surface area contributed by atoms with Crippen molar-refractivity contribution in [2.45, 2.75) is 12.8 Å². The fourth-order valence-corrected chi connectivity index (χ4v) is 3.42. The van der Waals surface area contributed by atoms with E-state index in [-0.39, 0.29) is 11.4 Å². The van der Waals surface area contributed by atoms with Crippen molar-refractivity contribution in [3.8, 4) is 17.6 Å². The van der Waals surface area contributed by atoms with Crippen molar-refractivity contribution in [2.75, 3.05) is 32.5 Å². The number of hydrogen-bond donors (Lipinski definition) is 4. The molecule has 0 aliphatic carbocycles. The number of phenols is 2. The number of aromatic nitrogens is 6. The molecule has 0 fully saturated rings. The highest BCUT2D eigenvalue weighted by molar-refractivity contribution is 5.81. The lowest BCUT2D eigenvalue weighted by molar-refractivity contribution is 0.474. The largest absolute Gasteiger partial charge is 0.508 e. The number of fused-ring (bicyclic) bond motifs is 1. The molecule has 5 aromatic rings. The lowest BCUT2D eigenvalue weighted by atomic mass is 10.1. The number of aromatic hydroxyl groups is 2. The predicted octanol–water partition coefficient (Wildman–Crippen LogP) is 3.24. The number of aliphatic imine (C=N–C) groups is 1. The summed E-state index contributed by atoms with van der Waals surface area (Å²) in [5.74, 6) is 1.61. The van der Waals surface area contributed by atoms with E-state index in [9.17, 15) is 5.11 Å². The van der Waals surface area contributed by atoms with Gasteiger partial charge in [0.25, 0.3) is 0 Å². The van der Waals surface area contributed by atoms with Crippen LogP contribution in [-0.4, -0.2) is 78.5 Å². The molecule has 0 aliphatic heterocycles. The number of rotatable bonds is 8. The van der Waals surface area contributed by atoms with Crippen LogP contribution >= 0.6 is 0 Å². The van der Waals surface area contributed by atoms with E-state index in [1.807, 2.05) is 44.4 Å². The maximum Gasteiger partial charge on any atom is 0.190 e. The van der Waals surface area contributed by atoms with Crippen LogP contribution in [-0.2, 0) is 12.8 Å². The maximum atomic E-state index is 9.23. The molecule has 0 atom stereocenters. The number of nitrogens with zero attached hydrogens (tertiary/aromatic N) is 9. The highest BCUT2D eigenvalue weighted by Crippen LogP contribution is 2.15. The zero-order chi connectivity index (χ0) is 30.9. The van der Waals surface area contributed by atoms with Crippen LogP contribution in [0.4, 0.5) is 11.6 Å². The van der Waals surface area contributed by atoms with Crippen molar-refractivity contribution >= 4 is 29.1 Å². The van der Waals surface area contributed by atoms with Gasteiger partial charge in [-0.3, -0.25) is 0 Å². The zero-order valence-corrected chi connectivity index (χ0v) is 23.9. The summed E-state index contributed by atoms with van der Waals surface area (Å²) >= 11 is 0. The van der Waals surface area contributed by atoms with Crippen molar-refractivity contribution in [3.63, 3.8) is 0 Å². The summed E-state index contributed by atoms with van der Waals surface area (Å²) in [6, 6.07) is 16.2. The molecule has 5 N–H and O–H groups in total. The molecule has 220 valence electrons. The van der Waals surface area contributed by atoms with Crippen LogP contribution in [0.5, 0.6) is 11.5 Å². The van der Waals surface area contributed by atoms with E-state index in [0.717, 1.165) is 18.4 Å². The molecular formula is C30H33N11O2. The van der Waals surface area contributed by atoms with Crippen LogP contribution in [0.25, 0.3) is 11.2 Å². The molecule has 0 aliphatic rings. The molecule has 13 nitrogen and oxygen atoms in total. The Hall–Kier alpha value is -5.74. The molecule has 5 rings (SSSR count). The highest BCUT2D eigenvalue weighted by Gasteiger charge is 2.04. The van der Waals surface area contributed by atoms with E-state index >= 15 is 0 Å². The molecule has 0 bridgehead atoms. The zero-order valence-electron chi connectivity index (χ0n) is 23.9. The molecule has 0 amide bonds. The third kappa shape index (κ3) is 11.0. The highest BCUT2D eigenvalue weighted by atomic mass is 16.3. The molecule has 0 spiro atoms. The second kappa shape index (κ2) is 17.2. The third-order valence-electron chi connectivity index (χ3n) is 5.48.